The van der Waals surface area contributed by atoms with Crippen LogP contribution in [0, 0.1) is 6.92 Å². The van der Waals surface area contributed by atoms with Crippen molar-refractivity contribution >= 4 is 51.9 Å². The summed E-state index contributed by atoms with van der Waals surface area (Å²) in [5.41, 5.74) is 2.44. The molecule has 2 aromatic carbocycles. The van der Waals surface area contributed by atoms with Crippen LogP contribution in [-0.2, 0) is 9.59 Å². The molecule has 1 aliphatic rings. The minimum atomic E-state index is -0.742. The number of carbonyl (C=O) groups is 2. The van der Waals surface area contributed by atoms with Gasteiger partial charge in [0.2, 0.25) is 5.91 Å². The second kappa shape index (κ2) is 7.94. The van der Waals surface area contributed by atoms with Gasteiger partial charge in [-0.1, -0.05) is 53.8 Å². The molecule has 1 atom stereocenters. The Morgan fingerprint density at radius 1 is 1.26 bits per heavy atom. The highest BCUT2D eigenvalue weighted by atomic mass is 32.2. The molecule has 1 unspecified atom stereocenters. The summed E-state index contributed by atoms with van der Waals surface area (Å²) in [6.45, 7) is 3.61. The monoisotopic (exact) mass is 398 g/mol. The molecule has 5 nitrogen and oxygen atoms in total. The van der Waals surface area contributed by atoms with Crippen molar-refractivity contribution in [1.29, 1.82) is 0 Å². The van der Waals surface area contributed by atoms with Gasteiger partial charge in [0.05, 0.1) is 4.91 Å². The molecule has 0 spiro atoms. The fourth-order valence-corrected chi connectivity index (χ4v) is 4.00. The number of anilines is 1. The van der Waals surface area contributed by atoms with Crippen molar-refractivity contribution < 1.29 is 14.7 Å². The molecule has 1 saturated heterocycles. The lowest BCUT2D eigenvalue weighted by molar-refractivity contribution is -0.129. The van der Waals surface area contributed by atoms with Gasteiger partial charge in [0, 0.05) is 5.69 Å². The summed E-state index contributed by atoms with van der Waals surface area (Å²) >= 11 is 6.46. The maximum Gasteiger partial charge on any atom is 0.266 e. The van der Waals surface area contributed by atoms with Crippen LogP contribution in [0.5, 0.6) is 5.75 Å². The summed E-state index contributed by atoms with van der Waals surface area (Å²) in [6.07, 6.45) is 1.66. The van der Waals surface area contributed by atoms with Gasteiger partial charge in [-0.3, -0.25) is 14.5 Å². The van der Waals surface area contributed by atoms with Crippen LogP contribution in [0.1, 0.15) is 18.1 Å². The molecule has 0 aliphatic carbocycles. The maximum atomic E-state index is 12.8. The number of thiocarbonyl (C=S) groups is 1. The van der Waals surface area contributed by atoms with E-state index in [0.717, 1.165) is 17.3 Å². The van der Waals surface area contributed by atoms with Crippen molar-refractivity contribution in [2.24, 2.45) is 0 Å². The van der Waals surface area contributed by atoms with E-state index < -0.39 is 6.04 Å². The van der Waals surface area contributed by atoms with E-state index >= 15 is 0 Å². The number of aromatic hydroxyl groups is 1. The first-order chi connectivity index (χ1) is 12.8. The number of hydrogen-bond acceptors (Lipinski definition) is 5. The molecule has 1 heterocycles. The summed E-state index contributed by atoms with van der Waals surface area (Å²) in [5, 5.41) is 12.4. The molecular weight excluding hydrogens is 380 g/mol. The first-order valence-electron chi connectivity index (χ1n) is 8.29. The third kappa shape index (κ3) is 4.37. The van der Waals surface area contributed by atoms with Crippen molar-refractivity contribution in [3.63, 3.8) is 0 Å². The van der Waals surface area contributed by atoms with E-state index in [0.29, 0.717) is 20.5 Å². The lowest BCUT2D eigenvalue weighted by atomic mass is 10.2. The van der Waals surface area contributed by atoms with Crippen molar-refractivity contribution in [3.8, 4) is 5.75 Å². The number of aryl methyl sites for hydroxylation is 1. The van der Waals surface area contributed by atoms with E-state index in [4.69, 9.17) is 12.2 Å². The Morgan fingerprint density at radius 2 is 1.96 bits per heavy atom. The number of nitrogens with one attached hydrogen (secondary N) is 1. The Morgan fingerprint density at radius 3 is 2.63 bits per heavy atom. The predicted octanol–water partition coefficient (Wildman–Crippen LogP) is 3.93. The SMILES string of the molecule is Cc1ccc(NC(=O)C(C)N2C(=O)/C(=C/c3cccc(O)c3)SC2=S)cc1. The van der Waals surface area contributed by atoms with Crippen LogP contribution in [0.3, 0.4) is 0 Å². The summed E-state index contributed by atoms with van der Waals surface area (Å²) in [4.78, 5) is 27.0. The quantitative estimate of drug-likeness (QED) is 0.603. The summed E-state index contributed by atoms with van der Waals surface area (Å²) in [7, 11) is 0. The Hall–Kier alpha value is -2.64. The van der Waals surface area contributed by atoms with Crippen molar-refractivity contribution in [2.45, 2.75) is 19.9 Å². The molecule has 7 heteroatoms. The Balaban J connectivity index is 1.75. The first-order valence-corrected chi connectivity index (χ1v) is 9.51. The van der Waals surface area contributed by atoms with Gasteiger partial charge in [0.1, 0.15) is 16.1 Å². The second-order valence-corrected chi connectivity index (χ2v) is 7.85. The van der Waals surface area contributed by atoms with Gasteiger partial charge in [-0.15, -0.1) is 0 Å². The van der Waals surface area contributed by atoms with Crippen LogP contribution in [-0.4, -0.2) is 32.2 Å². The summed E-state index contributed by atoms with van der Waals surface area (Å²) < 4.78 is 0.331. The standard InChI is InChI=1S/C20H18N2O3S2/c1-12-6-8-15(9-7-12)21-18(24)13(2)22-19(25)17(27-20(22)26)11-14-4-3-5-16(23)10-14/h3-11,13,23H,1-2H3,(H,21,24)/b17-11-. The Kier molecular flexibility index (Phi) is 5.62. The minimum Gasteiger partial charge on any atom is -0.508 e. The Labute approximate surface area is 167 Å². The largest absolute Gasteiger partial charge is 0.508 e. The summed E-state index contributed by atoms with van der Waals surface area (Å²) in [5.74, 6) is -0.515. The minimum absolute atomic E-state index is 0.116. The molecule has 0 aromatic heterocycles. The van der Waals surface area contributed by atoms with Gasteiger partial charge in [-0.2, -0.15) is 0 Å². The normalized spacial score (nSPS) is 16.7. The molecule has 138 valence electrons. The molecule has 1 fully saturated rings. The smallest absolute Gasteiger partial charge is 0.266 e. The fourth-order valence-electron chi connectivity index (χ4n) is 2.58. The Bertz CT molecular complexity index is 938. The first kappa shape index (κ1) is 19.1. The van der Waals surface area contributed by atoms with Crippen LogP contribution in [0.15, 0.2) is 53.4 Å². The molecule has 0 bridgehead atoms. The number of benzene rings is 2. The van der Waals surface area contributed by atoms with Crippen molar-refractivity contribution in [1.82, 2.24) is 4.90 Å². The van der Waals surface area contributed by atoms with Gasteiger partial charge in [-0.25, -0.2) is 0 Å². The van der Waals surface area contributed by atoms with Gasteiger partial charge in [0.15, 0.2) is 0 Å². The zero-order valence-corrected chi connectivity index (χ0v) is 16.4. The molecule has 1 aliphatic heterocycles. The van der Waals surface area contributed by atoms with E-state index in [1.165, 1.54) is 4.90 Å². The van der Waals surface area contributed by atoms with Crippen LogP contribution < -0.4 is 5.32 Å². The van der Waals surface area contributed by atoms with Crippen molar-refractivity contribution in [2.75, 3.05) is 5.32 Å². The lowest BCUT2D eigenvalue weighted by Crippen LogP contribution is -2.44. The molecule has 27 heavy (non-hydrogen) atoms. The van der Waals surface area contributed by atoms with Crippen molar-refractivity contribution in [3.05, 3.63) is 64.6 Å². The molecule has 2 aromatic rings. The third-order valence-corrected chi connectivity index (χ3v) is 5.41. The van der Waals surface area contributed by atoms with E-state index in [1.54, 1.807) is 37.3 Å². The number of nitrogens with zero attached hydrogens (tertiary/aromatic N) is 1. The number of amides is 2. The number of hydrogen-bond donors (Lipinski definition) is 2. The summed E-state index contributed by atoms with van der Waals surface area (Å²) in [6, 6.07) is 13.3. The average Bonchev–Trinajstić information content (AvgIpc) is 2.90. The van der Waals surface area contributed by atoms with E-state index in [9.17, 15) is 14.7 Å². The number of carbonyl (C=O) groups excluding carboxylic acids is 2. The van der Waals surface area contributed by atoms with Gasteiger partial charge >= 0.3 is 0 Å². The number of thioether (sulfide) groups is 1. The third-order valence-electron chi connectivity index (χ3n) is 4.08. The predicted molar refractivity (Wildman–Crippen MR) is 112 cm³/mol. The fraction of sp³-hybridized carbons (Fsp3) is 0.150. The average molecular weight is 399 g/mol. The maximum absolute atomic E-state index is 12.8. The number of phenols is 1. The number of phenolic OH excluding ortho intramolecular Hbond substituents is 1. The van der Waals surface area contributed by atoms with E-state index in [1.807, 2.05) is 31.2 Å². The van der Waals surface area contributed by atoms with Crippen LogP contribution >= 0.6 is 24.0 Å². The van der Waals surface area contributed by atoms with Gasteiger partial charge in [0.25, 0.3) is 5.91 Å². The topological polar surface area (TPSA) is 69.6 Å². The second-order valence-electron chi connectivity index (χ2n) is 6.18. The van der Waals surface area contributed by atoms with Gasteiger partial charge < -0.3 is 10.4 Å². The molecule has 2 amide bonds. The zero-order valence-electron chi connectivity index (χ0n) is 14.8. The highest BCUT2D eigenvalue weighted by Gasteiger charge is 2.38. The molecular formula is C20H18N2O3S2. The van der Waals surface area contributed by atoms with Crippen LogP contribution in [0.25, 0.3) is 6.08 Å². The van der Waals surface area contributed by atoms with Crippen LogP contribution in [0.4, 0.5) is 5.69 Å². The highest BCUT2D eigenvalue weighted by Crippen LogP contribution is 2.34. The molecule has 3 rings (SSSR count). The van der Waals surface area contributed by atoms with Crippen LogP contribution in [0.2, 0.25) is 0 Å². The lowest BCUT2D eigenvalue weighted by Gasteiger charge is -2.22. The van der Waals surface area contributed by atoms with E-state index in [2.05, 4.69) is 5.32 Å². The molecule has 2 N–H and O–H groups in total. The number of rotatable bonds is 4. The van der Waals surface area contributed by atoms with E-state index in [-0.39, 0.29) is 17.6 Å². The highest BCUT2D eigenvalue weighted by molar-refractivity contribution is 8.26. The molecule has 0 saturated carbocycles. The zero-order chi connectivity index (χ0) is 19.6. The van der Waals surface area contributed by atoms with Gasteiger partial charge in [-0.05, 0) is 49.8 Å². The molecule has 0 radical (unpaired) electrons.